The average Bonchev–Trinajstić information content (AvgIpc) is 2.59. The van der Waals surface area contributed by atoms with Crippen LogP contribution in [-0.2, 0) is 0 Å². The first-order chi connectivity index (χ1) is 7.11. The molecule has 0 aliphatic carbocycles. The molecule has 2 heterocycles. The maximum atomic E-state index is 4.54. The molecule has 0 saturated carbocycles. The van der Waals surface area contributed by atoms with E-state index in [1.807, 2.05) is 12.4 Å². The number of nitrogens with zero attached hydrogens (tertiary/aromatic N) is 2. The summed E-state index contributed by atoms with van der Waals surface area (Å²) in [5, 5.41) is 1.24. The molecule has 2 aromatic heterocycles. The minimum atomic E-state index is 0.475. The lowest BCUT2D eigenvalue weighted by molar-refractivity contribution is 0.847. The zero-order valence-corrected chi connectivity index (χ0v) is 10.4. The van der Waals surface area contributed by atoms with Crippen molar-refractivity contribution in [3.8, 4) is 0 Å². The molecule has 0 atom stereocenters. The number of pyridine rings is 1. The Labute approximate surface area is 94.5 Å². The van der Waals surface area contributed by atoms with Crippen LogP contribution in [0.2, 0.25) is 0 Å². The average molecular weight is 220 g/mol. The number of aromatic nitrogens is 2. The van der Waals surface area contributed by atoms with Crippen LogP contribution in [0.3, 0.4) is 0 Å². The van der Waals surface area contributed by atoms with Crippen molar-refractivity contribution in [3.05, 3.63) is 23.7 Å². The van der Waals surface area contributed by atoms with Crippen LogP contribution in [0.15, 0.2) is 12.4 Å². The van der Waals surface area contributed by atoms with Crippen LogP contribution >= 0.6 is 11.5 Å². The van der Waals surface area contributed by atoms with Crippen molar-refractivity contribution in [2.45, 2.75) is 39.5 Å². The highest BCUT2D eigenvalue weighted by Crippen LogP contribution is 2.32. The van der Waals surface area contributed by atoms with Crippen LogP contribution in [0.4, 0.5) is 0 Å². The molecule has 2 aromatic rings. The number of fused-ring (bicyclic) bond motifs is 1. The van der Waals surface area contributed by atoms with Gasteiger partial charge in [0.05, 0.1) is 10.4 Å². The Balaban J connectivity index is 2.69. The van der Waals surface area contributed by atoms with Gasteiger partial charge in [-0.15, -0.1) is 0 Å². The Morgan fingerprint density at radius 3 is 2.40 bits per heavy atom. The van der Waals surface area contributed by atoms with Gasteiger partial charge in [0, 0.05) is 17.8 Å². The van der Waals surface area contributed by atoms with E-state index in [1.54, 1.807) is 11.5 Å². The minimum Gasteiger partial charge on any atom is -0.264 e. The van der Waals surface area contributed by atoms with E-state index in [1.165, 1.54) is 21.3 Å². The number of hydrogen-bond donors (Lipinski definition) is 0. The second-order valence-corrected chi connectivity index (χ2v) is 5.26. The normalized spacial score (nSPS) is 11.9. The molecule has 2 nitrogen and oxygen atoms in total. The maximum absolute atomic E-state index is 4.54. The van der Waals surface area contributed by atoms with E-state index < -0.39 is 0 Å². The fraction of sp³-hybridized carbons (Fsp3) is 0.500. The molecule has 3 heteroatoms. The maximum Gasteiger partial charge on any atom is 0.0661 e. The van der Waals surface area contributed by atoms with E-state index in [9.17, 15) is 0 Å². The van der Waals surface area contributed by atoms with Crippen LogP contribution < -0.4 is 0 Å². The molecule has 0 N–H and O–H groups in total. The molecular weight excluding hydrogens is 204 g/mol. The molecule has 80 valence electrons. The molecule has 0 aromatic carbocycles. The first-order valence-electron chi connectivity index (χ1n) is 5.34. The van der Waals surface area contributed by atoms with Crippen molar-refractivity contribution in [2.75, 3.05) is 0 Å². The molecule has 0 aliphatic rings. The Morgan fingerprint density at radius 1 is 1.07 bits per heavy atom. The molecule has 0 saturated heterocycles. The van der Waals surface area contributed by atoms with Crippen molar-refractivity contribution in [3.63, 3.8) is 0 Å². The summed E-state index contributed by atoms with van der Waals surface area (Å²) in [6.07, 6.45) is 3.91. The summed E-state index contributed by atoms with van der Waals surface area (Å²) in [5.41, 5.74) is 2.50. The molecular formula is C12H16N2S. The van der Waals surface area contributed by atoms with Gasteiger partial charge in [0.25, 0.3) is 0 Å². The van der Waals surface area contributed by atoms with Crippen LogP contribution in [0.5, 0.6) is 0 Å². The van der Waals surface area contributed by atoms with Gasteiger partial charge in [-0.25, -0.2) is 0 Å². The summed E-state index contributed by atoms with van der Waals surface area (Å²) in [5.74, 6) is 0.990. The van der Waals surface area contributed by atoms with Gasteiger partial charge in [-0.05, 0) is 28.9 Å². The second-order valence-electron chi connectivity index (χ2n) is 4.48. The summed E-state index contributed by atoms with van der Waals surface area (Å²) in [6.45, 7) is 8.75. The van der Waals surface area contributed by atoms with Crippen molar-refractivity contribution in [1.29, 1.82) is 0 Å². The summed E-state index contributed by atoms with van der Waals surface area (Å²) >= 11 is 1.61. The highest BCUT2D eigenvalue weighted by molar-refractivity contribution is 7.13. The fourth-order valence-corrected chi connectivity index (χ4v) is 2.87. The van der Waals surface area contributed by atoms with Crippen molar-refractivity contribution in [1.82, 2.24) is 9.36 Å². The highest BCUT2D eigenvalue weighted by atomic mass is 32.1. The van der Waals surface area contributed by atoms with E-state index >= 15 is 0 Å². The molecule has 0 spiro atoms. The van der Waals surface area contributed by atoms with E-state index in [-0.39, 0.29) is 0 Å². The fourth-order valence-electron chi connectivity index (χ4n) is 1.72. The first kappa shape index (κ1) is 10.6. The third kappa shape index (κ3) is 1.76. The smallest absolute Gasteiger partial charge is 0.0661 e. The van der Waals surface area contributed by atoms with Crippen molar-refractivity contribution < 1.29 is 0 Å². The van der Waals surface area contributed by atoms with Crippen LogP contribution in [0.25, 0.3) is 10.1 Å². The van der Waals surface area contributed by atoms with E-state index in [0.717, 1.165) is 0 Å². The topological polar surface area (TPSA) is 25.8 Å². The second kappa shape index (κ2) is 3.89. The summed E-state index contributed by atoms with van der Waals surface area (Å²) < 4.78 is 5.85. The SMILES string of the molecule is CC(C)c1nsc2c(C(C)C)cncc12. The largest absolute Gasteiger partial charge is 0.264 e. The van der Waals surface area contributed by atoms with E-state index in [2.05, 4.69) is 37.1 Å². The van der Waals surface area contributed by atoms with Crippen molar-refractivity contribution >= 4 is 21.6 Å². The molecule has 0 radical (unpaired) electrons. The highest BCUT2D eigenvalue weighted by Gasteiger charge is 2.14. The summed E-state index contributed by atoms with van der Waals surface area (Å²) in [4.78, 5) is 4.32. The predicted molar refractivity (Wildman–Crippen MR) is 65.6 cm³/mol. The van der Waals surface area contributed by atoms with Gasteiger partial charge < -0.3 is 0 Å². The third-order valence-electron chi connectivity index (χ3n) is 2.60. The van der Waals surface area contributed by atoms with Gasteiger partial charge in [0.1, 0.15) is 0 Å². The van der Waals surface area contributed by atoms with Crippen LogP contribution in [-0.4, -0.2) is 9.36 Å². The molecule has 0 bridgehead atoms. The Hall–Kier alpha value is -0.960. The lowest BCUT2D eigenvalue weighted by Crippen LogP contribution is -1.91. The Morgan fingerprint density at radius 2 is 1.80 bits per heavy atom. The minimum absolute atomic E-state index is 0.475. The van der Waals surface area contributed by atoms with Gasteiger partial charge in [-0.1, -0.05) is 27.7 Å². The number of rotatable bonds is 2. The van der Waals surface area contributed by atoms with Gasteiger partial charge in [-0.2, -0.15) is 4.37 Å². The number of hydrogen-bond acceptors (Lipinski definition) is 3. The van der Waals surface area contributed by atoms with Gasteiger partial charge in [-0.3, -0.25) is 4.98 Å². The monoisotopic (exact) mass is 220 g/mol. The lowest BCUT2D eigenvalue weighted by Gasteiger charge is -2.05. The van der Waals surface area contributed by atoms with Crippen LogP contribution in [0, 0.1) is 0 Å². The van der Waals surface area contributed by atoms with Crippen LogP contribution in [0.1, 0.15) is 50.8 Å². The molecule has 0 aliphatic heterocycles. The summed E-state index contributed by atoms with van der Waals surface area (Å²) in [6, 6.07) is 0. The molecule has 0 fully saturated rings. The van der Waals surface area contributed by atoms with Gasteiger partial charge in [0.2, 0.25) is 0 Å². The standard InChI is InChI=1S/C12H16N2S/c1-7(2)9-5-13-6-10-11(8(3)4)14-15-12(9)10/h5-8H,1-4H3. The zero-order valence-electron chi connectivity index (χ0n) is 9.61. The summed E-state index contributed by atoms with van der Waals surface area (Å²) in [7, 11) is 0. The predicted octanol–water partition coefficient (Wildman–Crippen LogP) is 3.94. The molecule has 2 rings (SSSR count). The Kier molecular flexibility index (Phi) is 2.74. The van der Waals surface area contributed by atoms with Crippen molar-refractivity contribution in [2.24, 2.45) is 0 Å². The van der Waals surface area contributed by atoms with E-state index in [0.29, 0.717) is 11.8 Å². The third-order valence-corrected chi connectivity index (χ3v) is 3.53. The van der Waals surface area contributed by atoms with Gasteiger partial charge in [0.15, 0.2) is 0 Å². The lowest BCUT2D eigenvalue weighted by atomic mass is 10.0. The Bertz CT molecular complexity index is 471. The quantitative estimate of drug-likeness (QED) is 0.766. The van der Waals surface area contributed by atoms with Gasteiger partial charge >= 0.3 is 0 Å². The first-order valence-corrected chi connectivity index (χ1v) is 6.11. The van der Waals surface area contributed by atoms with E-state index in [4.69, 9.17) is 0 Å². The zero-order chi connectivity index (χ0) is 11.0. The molecule has 15 heavy (non-hydrogen) atoms. The molecule has 0 unspecified atom stereocenters. The molecule has 0 amide bonds.